The van der Waals surface area contributed by atoms with Gasteiger partial charge in [-0.1, -0.05) is 98.3 Å². The Hall–Kier alpha value is -3.12. The van der Waals surface area contributed by atoms with Crippen LogP contribution in [0.15, 0.2) is 91.0 Å². The van der Waals surface area contributed by atoms with Crippen LogP contribution in [-0.2, 0) is 5.41 Å². The van der Waals surface area contributed by atoms with E-state index in [0.29, 0.717) is 0 Å². The largest absolute Gasteiger partial charge is 0.0622 e. The van der Waals surface area contributed by atoms with Gasteiger partial charge in [0.1, 0.15) is 0 Å². The summed E-state index contributed by atoms with van der Waals surface area (Å²) in [7, 11) is 0. The van der Waals surface area contributed by atoms with Crippen LogP contribution < -0.4 is 0 Å². The zero-order valence-corrected chi connectivity index (χ0v) is 16.7. The fourth-order valence-electron chi connectivity index (χ4n) is 4.57. The van der Waals surface area contributed by atoms with E-state index in [9.17, 15) is 0 Å². The smallest absolute Gasteiger partial charge is 0.0158 e. The van der Waals surface area contributed by atoms with Gasteiger partial charge in [0, 0.05) is 5.41 Å². The van der Waals surface area contributed by atoms with Gasteiger partial charge in [0.15, 0.2) is 0 Å². The van der Waals surface area contributed by atoms with Crippen LogP contribution in [-0.4, -0.2) is 0 Å². The lowest BCUT2D eigenvalue weighted by molar-refractivity contribution is 0.660. The fourth-order valence-corrected chi connectivity index (χ4v) is 4.57. The van der Waals surface area contributed by atoms with E-state index in [0.717, 1.165) is 0 Å². The highest BCUT2D eigenvalue weighted by Gasteiger charge is 2.35. The first-order valence-electron chi connectivity index (χ1n) is 9.96. The summed E-state index contributed by atoms with van der Waals surface area (Å²) in [5, 5.41) is 0. The number of aryl methyl sites for hydroxylation is 1. The molecule has 0 aliphatic heterocycles. The molecule has 0 saturated heterocycles. The first-order chi connectivity index (χ1) is 13.5. The van der Waals surface area contributed by atoms with Gasteiger partial charge in [-0.25, -0.2) is 0 Å². The zero-order chi connectivity index (χ0) is 19.3. The van der Waals surface area contributed by atoms with E-state index in [1.54, 1.807) is 0 Å². The SMILES string of the molecule is Cc1ccc2c(c1)-c1cc(-c3cccc(-c4ccccc4)c3)ccc1C2(C)C. The standard InChI is InChI=1S/C28H24/c1-19-12-14-26-24(16-19)25-18-23(13-15-27(25)28(26,2)3)22-11-7-10-21(17-22)20-8-5-4-6-9-20/h4-18H,1-3H3. The van der Waals surface area contributed by atoms with Crippen molar-refractivity contribution < 1.29 is 0 Å². The van der Waals surface area contributed by atoms with Crippen molar-refractivity contribution in [1.29, 1.82) is 0 Å². The van der Waals surface area contributed by atoms with Gasteiger partial charge >= 0.3 is 0 Å². The molecule has 0 aromatic heterocycles. The maximum atomic E-state index is 2.38. The summed E-state index contributed by atoms with van der Waals surface area (Å²) in [5.41, 5.74) is 12.1. The van der Waals surface area contributed by atoms with E-state index in [-0.39, 0.29) is 5.41 Å². The van der Waals surface area contributed by atoms with Crippen LogP contribution in [0.25, 0.3) is 33.4 Å². The van der Waals surface area contributed by atoms with Gasteiger partial charge in [0.2, 0.25) is 0 Å². The molecular formula is C28H24. The van der Waals surface area contributed by atoms with E-state index in [2.05, 4.69) is 112 Å². The van der Waals surface area contributed by atoms with Gasteiger partial charge in [-0.05, 0) is 63.6 Å². The van der Waals surface area contributed by atoms with Gasteiger partial charge in [-0.2, -0.15) is 0 Å². The summed E-state index contributed by atoms with van der Waals surface area (Å²) in [5.74, 6) is 0. The van der Waals surface area contributed by atoms with Crippen LogP contribution in [0.4, 0.5) is 0 Å². The Kier molecular flexibility index (Phi) is 3.77. The van der Waals surface area contributed by atoms with Crippen molar-refractivity contribution in [1.82, 2.24) is 0 Å². The summed E-state index contributed by atoms with van der Waals surface area (Å²) in [6.07, 6.45) is 0. The molecule has 0 heterocycles. The summed E-state index contributed by atoms with van der Waals surface area (Å²) in [6.45, 7) is 6.85. The minimum Gasteiger partial charge on any atom is -0.0622 e. The normalized spacial score (nSPS) is 13.8. The van der Waals surface area contributed by atoms with E-state index in [1.165, 1.54) is 50.1 Å². The average Bonchev–Trinajstić information content (AvgIpc) is 2.95. The highest BCUT2D eigenvalue weighted by atomic mass is 14.4. The topological polar surface area (TPSA) is 0 Å². The molecule has 0 fully saturated rings. The van der Waals surface area contributed by atoms with Gasteiger partial charge < -0.3 is 0 Å². The molecule has 0 spiro atoms. The number of benzene rings is 4. The second kappa shape index (κ2) is 6.21. The summed E-state index contributed by atoms with van der Waals surface area (Å²) in [6, 6.07) is 33.3. The van der Waals surface area contributed by atoms with Crippen molar-refractivity contribution >= 4 is 0 Å². The number of fused-ring (bicyclic) bond motifs is 3. The first kappa shape index (κ1) is 17.0. The van der Waals surface area contributed by atoms with Crippen molar-refractivity contribution in [3.05, 3.63) is 108 Å². The summed E-state index contributed by atoms with van der Waals surface area (Å²) >= 11 is 0. The fraction of sp³-hybridized carbons (Fsp3) is 0.143. The molecule has 1 aliphatic carbocycles. The Balaban J connectivity index is 1.65. The maximum Gasteiger partial charge on any atom is 0.0158 e. The van der Waals surface area contributed by atoms with Crippen LogP contribution in [0.5, 0.6) is 0 Å². The molecule has 0 nitrogen and oxygen atoms in total. The third kappa shape index (κ3) is 2.60. The molecular weight excluding hydrogens is 336 g/mol. The van der Waals surface area contributed by atoms with Crippen LogP contribution in [0.1, 0.15) is 30.5 Å². The van der Waals surface area contributed by atoms with Crippen molar-refractivity contribution in [3.63, 3.8) is 0 Å². The Morgan fingerprint density at radius 3 is 1.82 bits per heavy atom. The maximum absolute atomic E-state index is 2.38. The third-order valence-electron chi connectivity index (χ3n) is 6.13. The van der Waals surface area contributed by atoms with E-state index >= 15 is 0 Å². The minimum absolute atomic E-state index is 0.0583. The minimum atomic E-state index is 0.0583. The van der Waals surface area contributed by atoms with Crippen molar-refractivity contribution in [3.8, 4) is 33.4 Å². The molecule has 0 N–H and O–H groups in total. The van der Waals surface area contributed by atoms with E-state index < -0.39 is 0 Å². The highest BCUT2D eigenvalue weighted by molar-refractivity contribution is 5.85. The quantitative estimate of drug-likeness (QED) is 0.344. The van der Waals surface area contributed by atoms with Crippen LogP contribution in [0.3, 0.4) is 0 Å². The Morgan fingerprint density at radius 2 is 1.07 bits per heavy atom. The molecule has 5 rings (SSSR count). The Labute approximate surface area is 167 Å². The van der Waals surface area contributed by atoms with Gasteiger partial charge in [0.05, 0.1) is 0 Å². The van der Waals surface area contributed by atoms with Crippen LogP contribution in [0.2, 0.25) is 0 Å². The molecule has 28 heavy (non-hydrogen) atoms. The predicted octanol–water partition coefficient (Wildman–Crippen LogP) is 7.64. The van der Waals surface area contributed by atoms with Crippen molar-refractivity contribution in [2.45, 2.75) is 26.2 Å². The van der Waals surface area contributed by atoms with Gasteiger partial charge in [-0.3, -0.25) is 0 Å². The molecule has 4 aromatic rings. The number of rotatable bonds is 2. The van der Waals surface area contributed by atoms with Gasteiger partial charge in [-0.15, -0.1) is 0 Å². The van der Waals surface area contributed by atoms with E-state index in [1.807, 2.05) is 0 Å². The molecule has 136 valence electrons. The lowest BCUT2D eigenvalue weighted by Gasteiger charge is -2.21. The monoisotopic (exact) mass is 360 g/mol. The lowest BCUT2D eigenvalue weighted by Crippen LogP contribution is -2.14. The second-order valence-electron chi connectivity index (χ2n) is 8.38. The molecule has 0 bridgehead atoms. The Bertz CT molecular complexity index is 1180. The molecule has 0 heteroatoms. The molecule has 0 saturated carbocycles. The molecule has 1 aliphatic rings. The zero-order valence-electron chi connectivity index (χ0n) is 16.7. The highest BCUT2D eigenvalue weighted by Crippen LogP contribution is 2.49. The van der Waals surface area contributed by atoms with E-state index in [4.69, 9.17) is 0 Å². The van der Waals surface area contributed by atoms with Crippen molar-refractivity contribution in [2.24, 2.45) is 0 Å². The molecule has 0 amide bonds. The van der Waals surface area contributed by atoms with Crippen LogP contribution in [0, 0.1) is 6.92 Å². The van der Waals surface area contributed by atoms with Crippen LogP contribution >= 0.6 is 0 Å². The molecule has 0 unspecified atom stereocenters. The summed E-state index contributed by atoms with van der Waals surface area (Å²) in [4.78, 5) is 0. The number of hydrogen-bond donors (Lipinski definition) is 0. The molecule has 0 radical (unpaired) electrons. The summed E-state index contributed by atoms with van der Waals surface area (Å²) < 4.78 is 0. The predicted molar refractivity (Wildman–Crippen MR) is 120 cm³/mol. The third-order valence-corrected chi connectivity index (χ3v) is 6.13. The molecule has 0 atom stereocenters. The lowest BCUT2D eigenvalue weighted by atomic mass is 9.82. The number of hydrogen-bond acceptors (Lipinski definition) is 0. The Morgan fingerprint density at radius 1 is 0.500 bits per heavy atom. The molecule has 4 aromatic carbocycles. The second-order valence-corrected chi connectivity index (χ2v) is 8.38. The first-order valence-corrected chi connectivity index (χ1v) is 9.96. The van der Waals surface area contributed by atoms with Crippen molar-refractivity contribution in [2.75, 3.05) is 0 Å². The van der Waals surface area contributed by atoms with Gasteiger partial charge in [0.25, 0.3) is 0 Å². The average molecular weight is 361 g/mol.